The third-order valence-corrected chi connectivity index (χ3v) is 5.32. The molecule has 1 aliphatic carbocycles. The third kappa shape index (κ3) is 4.29. The minimum Gasteiger partial charge on any atom is -0.314 e. The molecule has 0 heterocycles. The lowest BCUT2D eigenvalue weighted by Crippen LogP contribution is -2.37. The molecule has 0 spiro atoms. The lowest BCUT2D eigenvalue weighted by atomic mass is 9.65. The fourth-order valence-corrected chi connectivity index (χ4v) is 3.83. The molecule has 1 N–H and O–H groups in total. The van der Waals surface area contributed by atoms with Crippen molar-refractivity contribution in [1.82, 2.24) is 5.32 Å². The molecule has 2 unspecified atom stereocenters. The largest absolute Gasteiger partial charge is 0.314 e. The molecule has 1 nitrogen and oxygen atoms in total. The molecule has 118 valence electrons. The fraction of sp³-hybridized carbons (Fsp3) is 0.667. The van der Waals surface area contributed by atoms with Gasteiger partial charge in [-0.15, -0.1) is 0 Å². The quantitative estimate of drug-likeness (QED) is 0.752. The van der Waals surface area contributed by atoms with E-state index in [1.165, 1.54) is 12.8 Å². The van der Waals surface area contributed by atoms with Crippen LogP contribution in [0.1, 0.15) is 58.4 Å². The van der Waals surface area contributed by atoms with Gasteiger partial charge in [0, 0.05) is 6.04 Å². The van der Waals surface area contributed by atoms with Gasteiger partial charge in [-0.2, -0.15) is 0 Å². The lowest BCUT2D eigenvalue weighted by molar-refractivity contribution is 0.156. The summed E-state index contributed by atoms with van der Waals surface area (Å²) >= 11 is 3.33. The average molecular weight is 356 g/mol. The predicted octanol–water partition coefficient (Wildman–Crippen LogP) is 5.50. The molecular weight excluding hydrogens is 329 g/mol. The first-order valence-electron chi connectivity index (χ1n) is 7.97. The van der Waals surface area contributed by atoms with Crippen molar-refractivity contribution in [3.05, 3.63) is 34.1 Å². The van der Waals surface area contributed by atoms with Crippen LogP contribution in [0.3, 0.4) is 0 Å². The van der Waals surface area contributed by atoms with Crippen LogP contribution in [0.25, 0.3) is 0 Å². The topological polar surface area (TPSA) is 12.0 Å². The van der Waals surface area contributed by atoms with Gasteiger partial charge in [0.1, 0.15) is 5.82 Å². The molecule has 1 aromatic carbocycles. The van der Waals surface area contributed by atoms with Crippen LogP contribution in [0.2, 0.25) is 0 Å². The average Bonchev–Trinajstić information content (AvgIpc) is 2.39. The summed E-state index contributed by atoms with van der Waals surface area (Å²) in [4.78, 5) is 0. The van der Waals surface area contributed by atoms with E-state index in [1.807, 2.05) is 12.1 Å². The van der Waals surface area contributed by atoms with Crippen molar-refractivity contribution in [2.24, 2.45) is 11.3 Å². The SMILES string of the molecule is CC(C)NCC1CCC(C)(C)CC1c1cccc(Br)c1F. The van der Waals surface area contributed by atoms with Crippen molar-refractivity contribution in [2.45, 2.75) is 58.9 Å². The number of hydrogen-bond donors (Lipinski definition) is 1. The van der Waals surface area contributed by atoms with Gasteiger partial charge in [-0.05, 0) is 70.6 Å². The van der Waals surface area contributed by atoms with E-state index in [-0.39, 0.29) is 5.82 Å². The Bertz CT molecular complexity index is 482. The normalized spacial score (nSPS) is 25.3. The molecule has 2 rings (SSSR count). The predicted molar refractivity (Wildman–Crippen MR) is 91.1 cm³/mol. The van der Waals surface area contributed by atoms with Crippen LogP contribution in [0.15, 0.2) is 22.7 Å². The molecule has 1 aliphatic rings. The summed E-state index contributed by atoms with van der Waals surface area (Å²) in [5, 5.41) is 3.54. The highest BCUT2D eigenvalue weighted by Gasteiger charge is 2.36. The van der Waals surface area contributed by atoms with Crippen LogP contribution in [0.4, 0.5) is 4.39 Å². The molecule has 21 heavy (non-hydrogen) atoms. The Morgan fingerprint density at radius 1 is 1.38 bits per heavy atom. The van der Waals surface area contributed by atoms with Crippen LogP contribution in [0.5, 0.6) is 0 Å². The highest BCUT2D eigenvalue weighted by atomic mass is 79.9. The number of rotatable bonds is 4. The van der Waals surface area contributed by atoms with Crippen molar-refractivity contribution in [3.63, 3.8) is 0 Å². The highest BCUT2D eigenvalue weighted by molar-refractivity contribution is 9.10. The van der Waals surface area contributed by atoms with Gasteiger partial charge in [-0.3, -0.25) is 0 Å². The Labute approximate surface area is 136 Å². The smallest absolute Gasteiger partial charge is 0.140 e. The minimum absolute atomic E-state index is 0.0743. The Hall–Kier alpha value is -0.410. The molecule has 0 bridgehead atoms. The van der Waals surface area contributed by atoms with Crippen molar-refractivity contribution >= 4 is 15.9 Å². The molecule has 2 atom stereocenters. The molecule has 0 aliphatic heterocycles. The van der Waals surface area contributed by atoms with Crippen LogP contribution >= 0.6 is 15.9 Å². The Morgan fingerprint density at radius 2 is 2.10 bits per heavy atom. The molecule has 1 saturated carbocycles. The number of nitrogens with one attached hydrogen (secondary N) is 1. The molecule has 0 aromatic heterocycles. The molecule has 0 amide bonds. The second-order valence-corrected chi connectivity index (χ2v) is 8.33. The van der Waals surface area contributed by atoms with E-state index in [4.69, 9.17) is 0 Å². The zero-order chi connectivity index (χ0) is 15.6. The molecule has 1 aromatic rings. The van der Waals surface area contributed by atoms with Crippen molar-refractivity contribution < 1.29 is 4.39 Å². The molecule has 1 fully saturated rings. The van der Waals surface area contributed by atoms with Gasteiger partial charge in [0.15, 0.2) is 0 Å². The first kappa shape index (κ1) is 17.0. The zero-order valence-electron chi connectivity index (χ0n) is 13.5. The fourth-order valence-electron chi connectivity index (χ4n) is 3.44. The third-order valence-electron chi connectivity index (χ3n) is 4.70. The van der Waals surface area contributed by atoms with Gasteiger partial charge in [0.2, 0.25) is 0 Å². The van der Waals surface area contributed by atoms with Gasteiger partial charge in [-0.25, -0.2) is 4.39 Å². The van der Waals surface area contributed by atoms with E-state index in [2.05, 4.69) is 48.9 Å². The Kier molecular flexibility index (Phi) is 5.48. The van der Waals surface area contributed by atoms with Gasteiger partial charge in [0.05, 0.1) is 4.47 Å². The second kappa shape index (κ2) is 6.78. The van der Waals surface area contributed by atoms with Gasteiger partial charge < -0.3 is 5.32 Å². The maximum Gasteiger partial charge on any atom is 0.140 e. The number of benzene rings is 1. The summed E-state index contributed by atoms with van der Waals surface area (Å²) in [6.07, 6.45) is 3.46. The van der Waals surface area contributed by atoms with E-state index in [9.17, 15) is 4.39 Å². The Morgan fingerprint density at radius 3 is 2.76 bits per heavy atom. The summed E-state index contributed by atoms with van der Waals surface area (Å²) in [7, 11) is 0. The van der Waals surface area contributed by atoms with E-state index >= 15 is 0 Å². The van der Waals surface area contributed by atoms with E-state index in [1.54, 1.807) is 6.07 Å². The zero-order valence-corrected chi connectivity index (χ0v) is 15.1. The second-order valence-electron chi connectivity index (χ2n) is 7.48. The van der Waals surface area contributed by atoms with E-state index in [0.717, 1.165) is 18.5 Å². The summed E-state index contributed by atoms with van der Waals surface area (Å²) in [5.74, 6) is 0.747. The Balaban J connectivity index is 2.26. The first-order valence-corrected chi connectivity index (χ1v) is 8.77. The van der Waals surface area contributed by atoms with E-state index < -0.39 is 0 Å². The molecule has 3 heteroatoms. The van der Waals surface area contributed by atoms with Gasteiger partial charge in [0.25, 0.3) is 0 Å². The minimum atomic E-state index is -0.0743. The number of hydrogen-bond acceptors (Lipinski definition) is 1. The van der Waals surface area contributed by atoms with Crippen LogP contribution in [-0.4, -0.2) is 12.6 Å². The van der Waals surface area contributed by atoms with Crippen LogP contribution in [0, 0.1) is 17.2 Å². The van der Waals surface area contributed by atoms with Crippen molar-refractivity contribution in [2.75, 3.05) is 6.54 Å². The summed E-state index contributed by atoms with van der Waals surface area (Å²) in [5.41, 5.74) is 1.18. The monoisotopic (exact) mass is 355 g/mol. The first-order chi connectivity index (χ1) is 9.80. The summed E-state index contributed by atoms with van der Waals surface area (Å²) in [6, 6.07) is 6.19. The standard InChI is InChI=1S/C18H27BrFN/c1-12(2)21-11-13-8-9-18(3,4)10-15(13)14-6-5-7-16(19)17(14)20/h5-7,12-13,15,21H,8-11H2,1-4H3. The molecular formula is C18H27BrFN. The summed E-state index contributed by atoms with van der Waals surface area (Å²) < 4.78 is 15.1. The highest BCUT2D eigenvalue weighted by Crippen LogP contribution is 2.47. The molecule has 0 radical (unpaired) electrons. The van der Waals surface area contributed by atoms with Crippen LogP contribution < -0.4 is 5.32 Å². The number of halogens is 2. The molecule has 0 saturated heterocycles. The van der Waals surface area contributed by atoms with Crippen molar-refractivity contribution in [1.29, 1.82) is 0 Å². The maximum absolute atomic E-state index is 14.5. The van der Waals surface area contributed by atoms with Gasteiger partial charge >= 0.3 is 0 Å². The van der Waals surface area contributed by atoms with Crippen LogP contribution in [-0.2, 0) is 0 Å². The van der Waals surface area contributed by atoms with E-state index in [0.29, 0.717) is 27.8 Å². The van der Waals surface area contributed by atoms with Gasteiger partial charge in [-0.1, -0.05) is 39.8 Å². The summed E-state index contributed by atoms with van der Waals surface area (Å²) in [6.45, 7) is 9.93. The maximum atomic E-state index is 14.5. The van der Waals surface area contributed by atoms with Crippen molar-refractivity contribution in [3.8, 4) is 0 Å². The lowest BCUT2D eigenvalue weighted by Gasteiger charge is -2.41.